The SMILES string of the molecule is NC1=NN=C(CCN2CCOCC2)/C1=N\Nc1ccccc1. The molecule has 3 rings (SSSR count). The lowest BCUT2D eigenvalue weighted by molar-refractivity contribution is 0.0392. The zero-order valence-electron chi connectivity index (χ0n) is 12.4. The van der Waals surface area contributed by atoms with Crippen molar-refractivity contribution in [1.29, 1.82) is 0 Å². The minimum Gasteiger partial charge on any atom is -0.380 e. The van der Waals surface area contributed by atoms with E-state index >= 15 is 0 Å². The first-order chi connectivity index (χ1) is 10.8. The summed E-state index contributed by atoms with van der Waals surface area (Å²) in [7, 11) is 0. The van der Waals surface area contributed by atoms with Gasteiger partial charge in [0.1, 0.15) is 0 Å². The van der Waals surface area contributed by atoms with Crippen LogP contribution in [0.3, 0.4) is 0 Å². The zero-order chi connectivity index (χ0) is 15.2. The Balaban J connectivity index is 1.59. The minimum absolute atomic E-state index is 0.361. The Kier molecular flexibility index (Phi) is 4.77. The molecule has 0 atom stereocenters. The number of amidine groups is 1. The molecule has 0 aromatic heterocycles. The van der Waals surface area contributed by atoms with Crippen LogP contribution in [0, 0.1) is 0 Å². The van der Waals surface area contributed by atoms with Crippen LogP contribution in [0.15, 0.2) is 45.6 Å². The Morgan fingerprint density at radius 2 is 1.95 bits per heavy atom. The van der Waals surface area contributed by atoms with Gasteiger partial charge in [0.15, 0.2) is 11.5 Å². The van der Waals surface area contributed by atoms with E-state index in [0.29, 0.717) is 11.5 Å². The van der Waals surface area contributed by atoms with Gasteiger partial charge in [0, 0.05) is 26.1 Å². The van der Waals surface area contributed by atoms with Gasteiger partial charge >= 0.3 is 0 Å². The normalized spacial score (nSPS) is 20.8. The predicted molar refractivity (Wildman–Crippen MR) is 88.4 cm³/mol. The van der Waals surface area contributed by atoms with Gasteiger partial charge in [-0.3, -0.25) is 10.3 Å². The number of nitrogens with zero attached hydrogens (tertiary/aromatic N) is 4. The van der Waals surface area contributed by atoms with Crippen LogP contribution < -0.4 is 11.2 Å². The highest BCUT2D eigenvalue weighted by atomic mass is 16.5. The van der Waals surface area contributed by atoms with Crippen molar-refractivity contribution >= 4 is 22.9 Å². The average Bonchev–Trinajstić information content (AvgIpc) is 2.93. The maximum Gasteiger partial charge on any atom is 0.175 e. The van der Waals surface area contributed by atoms with Gasteiger partial charge < -0.3 is 10.5 Å². The third kappa shape index (κ3) is 3.69. The van der Waals surface area contributed by atoms with E-state index in [2.05, 4.69) is 25.6 Å². The molecule has 0 spiro atoms. The van der Waals surface area contributed by atoms with Crippen LogP contribution in [0.4, 0.5) is 5.69 Å². The number of morpholine rings is 1. The van der Waals surface area contributed by atoms with E-state index in [1.165, 1.54) is 0 Å². The highest BCUT2D eigenvalue weighted by molar-refractivity contribution is 6.69. The van der Waals surface area contributed by atoms with Gasteiger partial charge in [0.2, 0.25) is 0 Å². The third-order valence-electron chi connectivity index (χ3n) is 3.63. The molecule has 2 aliphatic rings. The van der Waals surface area contributed by atoms with Crippen molar-refractivity contribution in [3.8, 4) is 0 Å². The van der Waals surface area contributed by atoms with Crippen LogP contribution in [-0.2, 0) is 4.74 Å². The molecular weight excluding hydrogens is 280 g/mol. The van der Waals surface area contributed by atoms with Gasteiger partial charge in [-0.2, -0.15) is 10.2 Å². The van der Waals surface area contributed by atoms with Gasteiger partial charge in [-0.25, -0.2) is 0 Å². The highest BCUT2D eigenvalue weighted by Gasteiger charge is 2.21. The van der Waals surface area contributed by atoms with E-state index in [4.69, 9.17) is 10.5 Å². The molecule has 1 saturated heterocycles. The Hall–Kier alpha value is -2.25. The number of hydrogen-bond acceptors (Lipinski definition) is 7. The average molecular weight is 300 g/mol. The molecule has 116 valence electrons. The summed E-state index contributed by atoms with van der Waals surface area (Å²) in [4.78, 5) is 2.35. The first-order valence-electron chi connectivity index (χ1n) is 7.42. The fourth-order valence-corrected chi connectivity index (χ4v) is 2.37. The van der Waals surface area contributed by atoms with Crippen molar-refractivity contribution in [3.05, 3.63) is 30.3 Å². The van der Waals surface area contributed by atoms with E-state index in [0.717, 1.165) is 50.7 Å². The van der Waals surface area contributed by atoms with E-state index < -0.39 is 0 Å². The standard InChI is InChI=1S/C15H20N6O/c16-15-14(19-17-12-4-2-1-3-5-12)13(18-20-15)6-7-21-8-10-22-11-9-21/h1-5,17H,6-11H2,(H2,16,19,20). The van der Waals surface area contributed by atoms with Crippen molar-refractivity contribution in [1.82, 2.24) is 4.90 Å². The van der Waals surface area contributed by atoms with E-state index in [-0.39, 0.29) is 0 Å². The van der Waals surface area contributed by atoms with Crippen molar-refractivity contribution in [2.24, 2.45) is 21.0 Å². The molecule has 7 heteroatoms. The van der Waals surface area contributed by atoms with Crippen LogP contribution in [0.25, 0.3) is 0 Å². The van der Waals surface area contributed by atoms with Gasteiger partial charge in [0.25, 0.3) is 0 Å². The summed E-state index contributed by atoms with van der Waals surface area (Å²) in [5.41, 5.74) is 11.2. The van der Waals surface area contributed by atoms with Gasteiger partial charge in [-0.1, -0.05) is 18.2 Å². The maximum atomic E-state index is 5.87. The molecule has 2 heterocycles. The number of hydrogen-bond donors (Lipinski definition) is 2. The molecule has 0 unspecified atom stereocenters. The molecule has 1 aromatic carbocycles. The lowest BCUT2D eigenvalue weighted by atomic mass is 10.1. The molecule has 0 saturated carbocycles. The molecule has 0 amide bonds. The number of para-hydroxylation sites is 1. The van der Waals surface area contributed by atoms with E-state index in [1.807, 2.05) is 30.3 Å². The third-order valence-corrected chi connectivity index (χ3v) is 3.63. The summed E-state index contributed by atoms with van der Waals surface area (Å²) in [6.45, 7) is 4.41. The molecule has 3 N–H and O–H groups in total. The molecule has 2 aliphatic heterocycles. The van der Waals surface area contributed by atoms with E-state index in [1.54, 1.807) is 0 Å². The second kappa shape index (κ2) is 7.15. The lowest BCUT2D eigenvalue weighted by Gasteiger charge is -2.26. The number of nitrogens with one attached hydrogen (secondary N) is 1. The second-order valence-electron chi connectivity index (χ2n) is 5.17. The Labute approximate surface area is 129 Å². The molecular formula is C15H20N6O. The summed E-state index contributed by atoms with van der Waals surface area (Å²) < 4.78 is 5.35. The molecule has 1 aromatic rings. The van der Waals surface area contributed by atoms with Crippen LogP contribution in [0.1, 0.15) is 6.42 Å². The molecule has 1 fully saturated rings. The van der Waals surface area contributed by atoms with Gasteiger partial charge in [-0.15, -0.1) is 5.10 Å². The zero-order valence-corrected chi connectivity index (χ0v) is 12.4. The second-order valence-corrected chi connectivity index (χ2v) is 5.17. The van der Waals surface area contributed by atoms with Crippen molar-refractivity contribution in [2.75, 3.05) is 38.3 Å². The summed E-state index contributed by atoms with van der Waals surface area (Å²) in [5.74, 6) is 0.361. The van der Waals surface area contributed by atoms with Crippen molar-refractivity contribution < 1.29 is 4.74 Å². The largest absolute Gasteiger partial charge is 0.380 e. The summed E-state index contributed by atoms with van der Waals surface area (Å²) >= 11 is 0. The van der Waals surface area contributed by atoms with Crippen LogP contribution in [-0.4, -0.2) is 55.0 Å². The smallest absolute Gasteiger partial charge is 0.175 e. The molecule has 0 bridgehead atoms. The Bertz CT molecular complexity index is 589. The lowest BCUT2D eigenvalue weighted by Crippen LogP contribution is -2.38. The number of rotatable bonds is 5. The van der Waals surface area contributed by atoms with Crippen LogP contribution >= 0.6 is 0 Å². The Morgan fingerprint density at radius 3 is 2.73 bits per heavy atom. The number of nitrogens with two attached hydrogens (primary N) is 1. The van der Waals surface area contributed by atoms with E-state index in [9.17, 15) is 0 Å². The molecule has 7 nitrogen and oxygen atoms in total. The summed E-state index contributed by atoms with van der Waals surface area (Å²) in [6.07, 6.45) is 0.777. The van der Waals surface area contributed by atoms with Crippen molar-refractivity contribution in [2.45, 2.75) is 6.42 Å². The first kappa shape index (κ1) is 14.7. The molecule has 0 radical (unpaired) electrons. The topological polar surface area (TPSA) is 87.6 Å². The quantitative estimate of drug-likeness (QED) is 0.791. The monoisotopic (exact) mass is 300 g/mol. The maximum absolute atomic E-state index is 5.87. The number of ether oxygens (including phenoxy) is 1. The molecule has 0 aliphatic carbocycles. The Morgan fingerprint density at radius 1 is 1.18 bits per heavy atom. The number of benzene rings is 1. The van der Waals surface area contributed by atoms with Crippen LogP contribution in [0.5, 0.6) is 0 Å². The summed E-state index contributed by atoms with van der Waals surface area (Å²) in [5, 5.41) is 12.4. The van der Waals surface area contributed by atoms with Crippen LogP contribution in [0.2, 0.25) is 0 Å². The van der Waals surface area contributed by atoms with Gasteiger partial charge in [0.05, 0.1) is 24.6 Å². The van der Waals surface area contributed by atoms with Crippen molar-refractivity contribution in [3.63, 3.8) is 0 Å². The predicted octanol–water partition coefficient (Wildman–Crippen LogP) is 0.904. The fourth-order valence-electron chi connectivity index (χ4n) is 2.37. The highest BCUT2D eigenvalue weighted by Crippen LogP contribution is 2.08. The van der Waals surface area contributed by atoms with Gasteiger partial charge in [-0.05, 0) is 12.1 Å². The first-order valence-corrected chi connectivity index (χ1v) is 7.42. The number of hydrazone groups is 1. The molecule has 22 heavy (non-hydrogen) atoms. The minimum atomic E-state index is 0.361. The fraction of sp³-hybridized carbons (Fsp3) is 0.400. The summed E-state index contributed by atoms with van der Waals surface area (Å²) in [6, 6.07) is 9.73. The number of anilines is 1.